The number of fused-ring (bicyclic) bond motifs is 1. The zero-order chi connectivity index (χ0) is 29.7. The molecule has 41 heavy (non-hydrogen) atoms. The quantitative estimate of drug-likeness (QED) is 0.386. The Balaban J connectivity index is 1.68. The first-order valence-electron chi connectivity index (χ1n) is 13.0. The number of aromatic nitrogens is 4. The van der Waals surface area contributed by atoms with Crippen molar-refractivity contribution in [3.05, 3.63) is 27.6 Å². The third kappa shape index (κ3) is 5.23. The van der Waals surface area contributed by atoms with Gasteiger partial charge in [0.15, 0.2) is 5.01 Å². The number of ether oxygens (including phenoxy) is 1. The van der Waals surface area contributed by atoms with Gasteiger partial charge in [-0.25, -0.2) is 31.0 Å². The molecule has 0 spiro atoms. The average Bonchev–Trinajstić information content (AvgIpc) is 3.51. The summed E-state index contributed by atoms with van der Waals surface area (Å²) in [5.41, 5.74) is -1.12. The molecule has 2 saturated heterocycles. The predicted molar refractivity (Wildman–Crippen MR) is 145 cm³/mol. The minimum atomic E-state index is -4.33. The van der Waals surface area contributed by atoms with Crippen LogP contribution in [-0.4, -0.2) is 90.2 Å². The minimum absolute atomic E-state index is 0.00251. The molecule has 0 radical (unpaired) electrons. The van der Waals surface area contributed by atoms with Crippen molar-refractivity contribution in [2.45, 2.75) is 44.2 Å². The van der Waals surface area contributed by atoms with Gasteiger partial charge in [-0.15, -0.1) is 10.2 Å². The van der Waals surface area contributed by atoms with E-state index < -0.39 is 39.4 Å². The molecule has 1 aromatic carbocycles. The van der Waals surface area contributed by atoms with Crippen LogP contribution in [-0.2, 0) is 26.1 Å². The van der Waals surface area contributed by atoms with E-state index in [1.54, 1.807) is 11.8 Å². The molecule has 2 fully saturated rings. The number of carbonyl (C=O) groups excluding carboxylic acids is 1. The van der Waals surface area contributed by atoms with Crippen molar-refractivity contribution < 1.29 is 31.1 Å². The van der Waals surface area contributed by atoms with Gasteiger partial charge in [0.2, 0.25) is 21.1 Å². The Kier molecular flexibility index (Phi) is 7.90. The number of piperazine rings is 1. The summed E-state index contributed by atoms with van der Waals surface area (Å²) >= 11 is 0.523. The predicted octanol–water partition coefficient (Wildman–Crippen LogP) is 1.92. The van der Waals surface area contributed by atoms with Crippen LogP contribution >= 0.6 is 11.3 Å². The molecule has 0 bridgehead atoms. The highest BCUT2D eigenvalue weighted by Crippen LogP contribution is 2.34. The topological polar surface area (TPSA) is 132 Å². The average molecular weight is 618 g/mol. The zero-order valence-electron chi connectivity index (χ0n) is 22.6. The Labute approximate surface area is 237 Å². The van der Waals surface area contributed by atoms with Gasteiger partial charge >= 0.3 is 5.69 Å². The summed E-state index contributed by atoms with van der Waals surface area (Å²) in [6.07, 6.45) is -2.90. The van der Waals surface area contributed by atoms with Crippen molar-refractivity contribution in [3.8, 4) is 5.13 Å². The van der Waals surface area contributed by atoms with Crippen LogP contribution in [0.15, 0.2) is 21.8 Å². The third-order valence-corrected chi connectivity index (χ3v) is 9.67. The minimum Gasteiger partial charge on any atom is -0.377 e. The Morgan fingerprint density at radius 2 is 1.85 bits per heavy atom. The fourth-order valence-electron chi connectivity index (χ4n) is 5.01. The second-order valence-electron chi connectivity index (χ2n) is 10.4. The number of rotatable bonds is 9. The molecular weight excluding hydrogens is 587 g/mol. The molecule has 1 amide bonds. The van der Waals surface area contributed by atoms with Gasteiger partial charge in [0, 0.05) is 38.6 Å². The van der Waals surface area contributed by atoms with Crippen molar-refractivity contribution in [2.75, 3.05) is 51.0 Å². The van der Waals surface area contributed by atoms with E-state index in [1.807, 2.05) is 18.7 Å². The number of anilines is 1. The monoisotopic (exact) mass is 617 g/mol. The molecule has 0 unspecified atom stereocenters. The fraction of sp³-hybridized carbons (Fsp3) is 0.583. The number of benzene rings is 1. The molecule has 0 atom stereocenters. The second kappa shape index (κ2) is 11.0. The zero-order valence-corrected chi connectivity index (χ0v) is 24.3. The number of hydrogen-bond donors (Lipinski definition) is 1. The van der Waals surface area contributed by atoms with E-state index >= 15 is 0 Å². The summed E-state index contributed by atoms with van der Waals surface area (Å²) in [5.74, 6) is -0.187. The number of hydrogen-bond acceptors (Lipinski definition) is 9. The van der Waals surface area contributed by atoms with Gasteiger partial charge in [0.05, 0.1) is 34.8 Å². The van der Waals surface area contributed by atoms with Gasteiger partial charge in [0.25, 0.3) is 6.43 Å². The summed E-state index contributed by atoms with van der Waals surface area (Å²) in [6, 6.07) is 2.67. The van der Waals surface area contributed by atoms with Crippen molar-refractivity contribution >= 4 is 44.0 Å². The van der Waals surface area contributed by atoms with Gasteiger partial charge < -0.3 is 14.5 Å². The first-order valence-corrected chi connectivity index (χ1v) is 15.3. The van der Waals surface area contributed by atoms with Gasteiger partial charge in [-0.1, -0.05) is 25.2 Å². The van der Waals surface area contributed by atoms with E-state index in [0.29, 0.717) is 48.7 Å². The smallest absolute Gasteiger partial charge is 0.335 e. The molecular formula is C24H30F3N7O5S2. The number of amides is 1. The van der Waals surface area contributed by atoms with Crippen LogP contribution in [0.2, 0.25) is 0 Å². The van der Waals surface area contributed by atoms with E-state index in [0.717, 1.165) is 4.57 Å². The molecule has 3 aromatic rings. The number of carbonyl (C=O) groups is 1. The summed E-state index contributed by atoms with van der Waals surface area (Å²) in [7, 11) is -4.33. The standard InChI is InChI=1S/C24H30F3N7O5S2/c1-4-33-18-16(31-5-7-32(8-6-31)21(35)14(2)3)9-15(41(37,38)30-24(11-25)12-39-13-24)10-17(18)34(23(33)36)22-29-28-20(40-22)19(26)27/h9-10,14,19,30H,4-8,11-13H2,1-3H3. The number of nitrogens with zero attached hydrogens (tertiary/aromatic N) is 6. The number of sulfonamides is 1. The number of halogens is 3. The maximum atomic E-state index is 13.8. The Morgan fingerprint density at radius 1 is 1.17 bits per heavy atom. The molecule has 12 nitrogen and oxygen atoms in total. The highest BCUT2D eigenvalue weighted by Gasteiger charge is 2.43. The van der Waals surface area contributed by atoms with Crippen LogP contribution < -0.4 is 15.3 Å². The number of alkyl halides is 3. The lowest BCUT2D eigenvalue weighted by atomic mass is 10.0. The highest BCUT2D eigenvalue weighted by atomic mass is 32.2. The van der Waals surface area contributed by atoms with Crippen LogP contribution in [0.5, 0.6) is 0 Å². The van der Waals surface area contributed by atoms with E-state index in [2.05, 4.69) is 14.9 Å². The molecule has 2 aromatic heterocycles. The van der Waals surface area contributed by atoms with Gasteiger partial charge in [-0.3, -0.25) is 9.36 Å². The first-order chi connectivity index (χ1) is 19.4. The van der Waals surface area contributed by atoms with Crippen LogP contribution in [0.1, 0.15) is 32.2 Å². The molecule has 4 heterocycles. The lowest BCUT2D eigenvalue weighted by Gasteiger charge is -2.39. The summed E-state index contributed by atoms with van der Waals surface area (Å²) < 4.78 is 77.5. The molecule has 2 aliphatic rings. The maximum absolute atomic E-state index is 13.8. The number of aryl methyl sites for hydroxylation is 1. The maximum Gasteiger partial charge on any atom is 0.335 e. The number of nitrogens with one attached hydrogen (secondary N) is 1. The molecule has 0 aliphatic carbocycles. The van der Waals surface area contributed by atoms with Crippen LogP contribution in [0.4, 0.5) is 18.9 Å². The van der Waals surface area contributed by atoms with Crippen molar-refractivity contribution in [2.24, 2.45) is 5.92 Å². The second-order valence-corrected chi connectivity index (χ2v) is 13.0. The first kappa shape index (κ1) is 29.5. The van der Waals surface area contributed by atoms with Crippen molar-refractivity contribution in [1.29, 1.82) is 0 Å². The normalized spacial score (nSPS) is 17.6. The Bertz CT molecular complexity index is 1620. The van der Waals surface area contributed by atoms with Crippen LogP contribution in [0, 0.1) is 5.92 Å². The summed E-state index contributed by atoms with van der Waals surface area (Å²) in [5, 5.41) is 6.55. The molecule has 5 rings (SSSR count). The molecule has 17 heteroatoms. The highest BCUT2D eigenvalue weighted by molar-refractivity contribution is 7.89. The van der Waals surface area contributed by atoms with E-state index in [4.69, 9.17) is 4.74 Å². The Morgan fingerprint density at radius 3 is 2.37 bits per heavy atom. The summed E-state index contributed by atoms with van der Waals surface area (Å²) in [6.45, 7) is 5.74. The fourth-order valence-corrected chi connectivity index (χ4v) is 7.11. The largest absolute Gasteiger partial charge is 0.377 e. The van der Waals surface area contributed by atoms with Gasteiger partial charge in [0.1, 0.15) is 12.2 Å². The van der Waals surface area contributed by atoms with E-state index in [-0.39, 0.29) is 47.1 Å². The lowest BCUT2D eigenvalue weighted by molar-refractivity contribution is -0.134. The van der Waals surface area contributed by atoms with Gasteiger partial charge in [-0.2, -0.15) is 4.72 Å². The van der Waals surface area contributed by atoms with Crippen LogP contribution in [0.25, 0.3) is 16.2 Å². The molecule has 0 saturated carbocycles. The van der Waals surface area contributed by atoms with Crippen molar-refractivity contribution in [3.63, 3.8) is 0 Å². The van der Waals surface area contributed by atoms with Crippen LogP contribution in [0.3, 0.4) is 0 Å². The molecule has 2 aliphatic heterocycles. The molecule has 1 N–H and O–H groups in total. The number of imidazole rings is 1. The van der Waals surface area contributed by atoms with E-state index in [1.165, 1.54) is 16.7 Å². The van der Waals surface area contributed by atoms with E-state index in [9.17, 15) is 31.2 Å². The summed E-state index contributed by atoms with van der Waals surface area (Å²) in [4.78, 5) is 29.5. The van der Waals surface area contributed by atoms with Gasteiger partial charge in [-0.05, 0) is 19.1 Å². The SMILES string of the molecule is CCn1c(=O)n(-c2nnc(C(F)F)s2)c2cc(S(=O)(=O)NC3(CF)COC3)cc(N3CCN(C(=O)C(C)C)CC3)c21. The van der Waals surface area contributed by atoms with Crippen molar-refractivity contribution in [1.82, 2.24) is 29.0 Å². The molecule has 224 valence electrons. The third-order valence-electron chi connectivity index (χ3n) is 7.20. The lowest BCUT2D eigenvalue weighted by Crippen LogP contribution is -2.63. The Hall–Kier alpha value is -3.02.